The van der Waals surface area contributed by atoms with Crippen LogP contribution in [-0.2, 0) is 16.0 Å². The number of carbonyl (C=O) groups excluding carboxylic acids is 1. The summed E-state index contributed by atoms with van der Waals surface area (Å²) >= 11 is 12.6. The Morgan fingerprint density at radius 2 is 1.77 bits per heavy atom. The van der Waals surface area contributed by atoms with E-state index in [0.717, 1.165) is 16.8 Å². The van der Waals surface area contributed by atoms with Crippen molar-refractivity contribution in [3.63, 3.8) is 0 Å². The normalized spacial score (nSPS) is 20.3. The topological polar surface area (TPSA) is 84.0 Å². The molecule has 1 fully saturated rings. The van der Waals surface area contributed by atoms with Crippen LogP contribution < -0.4 is 0 Å². The van der Waals surface area contributed by atoms with Gasteiger partial charge in [-0.1, -0.05) is 70.9 Å². The molecule has 3 heterocycles. The van der Waals surface area contributed by atoms with Crippen molar-refractivity contribution in [1.82, 2.24) is 19.9 Å². The zero-order valence-corrected chi connectivity index (χ0v) is 22.5. The minimum absolute atomic E-state index is 0.119. The summed E-state index contributed by atoms with van der Waals surface area (Å²) < 4.78 is 7.90. The smallest absolute Gasteiger partial charge is 0.258 e. The third kappa shape index (κ3) is 4.36. The molecule has 2 aliphatic rings. The number of hydrogen-bond donors (Lipinski definition) is 0. The minimum Gasteiger partial charge on any atom is -0.498 e. The van der Waals surface area contributed by atoms with Gasteiger partial charge in [-0.15, -0.1) is 5.10 Å². The van der Waals surface area contributed by atoms with Gasteiger partial charge in [0.2, 0.25) is 0 Å². The number of nitrogens with zero attached hydrogens (tertiary/aromatic N) is 5. The fraction of sp³-hybridized carbons (Fsp3) is 0.200. The standard InChI is InChI=1S/C30H23Cl2N5O2/c1-39-28-27(22-11-23(31)13-24(32)12-22)29(38)36-17-25(37-18-26(34-35-37)21-5-3-2-4-6-21)15-30(28,36)14-19-7-9-20(16-33)10-8-19/h2-13,18,25H,14-15,17H2,1H3/t25-,30?/m0/s1. The van der Waals surface area contributed by atoms with E-state index in [-0.39, 0.29) is 11.9 Å². The van der Waals surface area contributed by atoms with E-state index in [2.05, 4.69) is 16.4 Å². The summed E-state index contributed by atoms with van der Waals surface area (Å²) in [6, 6.07) is 24.4. The summed E-state index contributed by atoms with van der Waals surface area (Å²) in [7, 11) is 1.59. The lowest BCUT2D eigenvalue weighted by atomic mass is 9.85. The van der Waals surface area contributed by atoms with E-state index in [1.165, 1.54) is 0 Å². The van der Waals surface area contributed by atoms with Crippen LogP contribution in [0.5, 0.6) is 0 Å². The van der Waals surface area contributed by atoms with Crippen LogP contribution in [0.2, 0.25) is 10.0 Å². The highest BCUT2D eigenvalue weighted by Gasteiger charge is 2.58. The number of ether oxygens (including phenoxy) is 1. The molecule has 0 spiro atoms. The first kappa shape index (κ1) is 25.2. The van der Waals surface area contributed by atoms with Gasteiger partial charge in [0.05, 0.1) is 36.6 Å². The van der Waals surface area contributed by atoms with Gasteiger partial charge in [0.25, 0.3) is 5.91 Å². The molecule has 0 saturated carbocycles. The van der Waals surface area contributed by atoms with Gasteiger partial charge in [-0.25, -0.2) is 4.68 Å². The fourth-order valence-electron chi connectivity index (χ4n) is 5.81. The van der Waals surface area contributed by atoms with Crippen LogP contribution >= 0.6 is 23.2 Å². The third-order valence-corrected chi connectivity index (χ3v) is 7.92. The van der Waals surface area contributed by atoms with Crippen molar-refractivity contribution in [3.8, 4) is 17.3 Å². The number of methoxy groups -OCH3 is 1. The van der Waals surface area contributed by atoms with Gasteiger partial charge in [-0.3, -0.25) is 4.79 Å². The summed E-state index contributed by atoms with van der Waals surface area (Å²) in [5.74, 6) is 0.422. The van der Waals surface area contributed by atoms with Crippen LogP contribution in [-0.4, -0.2) is 45.0 Å². The minimum atomic E-state index is -0.770. The number of rotatable bonds is 6. The quantitative estimate of drug-likeness (QED) is 0.293. The Kier molecular flexibility index (Phi) is 6.38. The Labute approximate surface area is 235 Å². The second-order valence-corrected chi connectivity index (χ2v) is 10.7. The number of halogens is 2. The maximum atomic E-state index is 14.1. The molecule has 0 radical (unpaired) electrons. The lowest BCUT2D eigenvalue weighted by Gasteiger charge is -2.34. The number of nitriles is 1. The van der Waals surface area contributed by atoms with Crippen molar-refractivity contribution in [2.24, 2.45) is 0 Å². The zero-order valence-electron chi connectivity index (χ0n) is 21.0. The van der Waals surface area contributed by atoms with Gasteiger partial charge in [0.15, 0.2) is 0 Å². The molecule has 1 saturated heterocycles. The highest BCUT2D eigenvalue weighted by molar-refractivity contribution is 6.35. The first-order valence-corrected chi connectivity index (χ1v) is 13.2. The predicted molar refractivity (Wildman–Crippen MR) is 149 cm³/mol. The second kappa shape index (κ2) is 9.88. The van der Waals surface area contributed by atoms with Gasteiger partial charge in [0, 0.05) is 35.0 Å². The Bertz CT molecular complexity index is 1620. The first-order chi connectivity index (χ1) is 18.9. The number of hydrogen-bond acceptors (Lipinski definition) is 5. The molecule has 1 amide bonds. The van der Waals surface area contributed by atoms with Crippen molar-refractivity contribution in [1.29, 1.82) is 5.26 Å². The van der Waals surface area contributed by atoms with E-state index in [0.29, 0.717) is 51.9 Å². The molecule has 1 unspecified atom stereocenters. The molecule has 2 aliphatic heterocycles. The molecule has 6 rings (SSSR count). The Hall–Kier alpha value is -4.12. The maximum Gasteiger partial charge on any atom is 0.258 e. The molecule has 7 nitrogen and oxygen atoms in total. The molecule has 3 aromatic carbocycles. The molecule has 9 heteroatoms. The molecule has 0 bridgehead atoms. The van der Waals surface area contributed by atoms with Crippen molar-refractivity contribution in [2.45, 2.75) is 24.4 Å². The molecule has 39 heavy (non-hydrogen) atoms. The van der Waals surface area contributed by atoms with Crippen LogP contribution in [0.25, 0.3) is 16.8 Å². The predicted octanol–water partition coefficient (Wildman–Crippen LogP) is 5.95. The number of benzene rings is 3. The average Bonchev–Trinajstić information content (AvgIpc) is 3.62. The monoisotopic (exact) mass is 555 g/mol. The lowest BCUT2D eigenvalue weighted by Crippen LogP contribution is -2.45. The van der Waals surface area contributed by atoms with Crippen molar-refractivity contribution < 1.29 is 9.53 Å². The molecule has 2 atom stereocenters. The van der Waals surface area contributed by atoms with Gasteiger partial charge < -0.3 is 9.64 Å². The largest absolute Gasteiger partial charge is 0.498 e. The van der Waals surface area contributed by atoms with E-state index in [9.17, 15) is 10.1 Å². The van der Waals surface area contributed by atoms with E-state index < -0.39 is 5.54 Å². The number of aromatic nitrogens is 3. The average molecular weight is 556 g/mol. The summed E-state index contributed by atoms with van der Waals surface area (Å²) in [5, 5.41) is 19.0. The van der Waals surface area contributed by atoms with Gasteiger partial charge in [-0.05, 0) is 41.5 Å². The second-order valence-electron chi connectivity index (χ2n) is 9.81. The fourth-order valence-corrected chi connectivity index (χ4v) is 6.33. The Morgan fingerprint density at radius 3 is 2.44 bits per heavy atom. The number of fused-ring (bicyclic) bond motifs is 1. The Balaban J connectivity index is 1.44. The summed E-state index contributed by atoms with van der Waals surface area (Å²) in [5.41, 5.74) is 3.61. The molecular formula is C30H23Cl2N5O2. The number of amides is 1. The van der Waals surface area contributed by atoms with E-state index in [1.54, 1.807) is 37.4 Å². The molecular weight excluding hydrogens is 533 g/mol. The lowest BCUT2D eigenvalue weighted by molar-refractivity contribution is -0.126. The maximum absolute atomic E-state index is 14.1. The summed E-state index contributed by atoms with van der Waals surface area (Å²) in [4.78, 5) is 16.0. The molecule has 4 aromatic rings. The van der Waals surface area contributed by atoms with E-state index in [1.807, 2.05) is 58.2 Å². The van der Waals surface area contributed by atoms with Crippen molar-refractivity contribution in [3.05, 3.63) is 111 Å². The highest BCUT2D eigenvalue weighted by atomic mass is 35.5. The van der Waals surface area contributed by atoms with Crippen molar-refractivity contribution >= 4 is 34.7 Å². The Morgan fingerprint density at radius 1 is 1.05 bits per heavy atom. The zero-order chi connectivity index (χ0) is 27.1. The van der Waals surface area contributed by atoms with Crippen LogP contribution in [0.15, 0.2) is 84.8 Å². The van der Waals surface area contributed by atoms with Crippen molar-refractivity contribution in [2.75, 3.05) is 13.7 Å². The van der Waals surface area contributed by atoms with Crippen LogP contribution in [0.1, 0.15) is 29.2 Å². The molecule has 1 aromatic heterocycles. The van der Waals surface area contributed by atoms with Gasteiger partial charge in [0.1, 0.15) is 17.0 Å². The summed E-state index contributed by atoms with van der Waals surface area (Å²) in [6.45, 7) is 0.428. The third-order valence-electron chi connectivity index (χ3n) is 7.48. The highest BCUT2D eigenvalue weighted by Crippen LogP contribution is 2.52. The van der Waals surface area contributed by atoms with E-state index in [4.69, 9.17) is 27.9 Å². The van der Waals surface area contributed by atoms with E-state index >= 15 is 0 Å². The molecule has 0 aliphatic carbocycles. The first-order valence-electron chi connectivity index (χ1n) is 12.5. The SMILES string of the molecule is COC1=C(c2cc(Cl)cc(Cl)c2)C(=O)N2C[C@@H](n3cc(-c4ccccc4)nn3)CC12Cc1ccc(C#N)cc1. The summed E-state index contributed by atoms with van der Waals surface area (Å²) in [6.07, 6.45) is 3.00. The van der Waals surface area contributed by atoms with Crippen LogP contribution in [0, 0.1) is 11.3 Å². The van der Waals surface area contributed by atoms with Crippen LogP contribution in [0.4, 0.5) is 0 Å². The van der Waals surface area contributed by atoms with Gasteiger partial charge in [-0.2, -0.15) is 5.26 Å². The van der Waals surface area contributed by atoms with Crippen LogP contribution in [0.3, 0.4) is 0 Å². The molecule has 194 valence electrons. The van der Waals surface area contributed by atoms with Gasteiger partial charge >= 0.3 is 0 Å². The molecule has 0 N–H and O–H groups in total. The number of carbonyl (C=O) groups is 1.